The first-order chi connectivity index (χ1) is 9.47. The van der Waals surface area contributed by atoms with Gasteiger partial charge in [-0.15, -0.1) is 0 Å². The van der Waals surface area contributed by atoms with Crippen LogP contribution in [0.2, 0.25) is 5.02 Å². The lowest BCUT2D eigenvalue weighted by molar-refractivity contribution is -0.115. The van der Waals surface area contributed by atoms with Crippen molar-refractivity contribution < 1.29 is 13.6 Å². The molecule has 0 fully saturated rings. The summed E-state index contributed by atoms with van der Waals surface area (Å²) in [5.41, 5.74) is 6.03. The second kappa shape index (κ2) is 5.88. The smallest absolute Gasteiger partial charge is 0.229 e. The molecule has 0 atom stereocenters. The highest BCUT2D eigenvalue weighted by Gasteiger charge is 2.13. The highest BCUT2D eigenvalue weighted by Crippen LogP contribution is 2.22. The van der Waals surface area contributed by atoms with Crippen LogP contribution in [0, 0.1) is 11.6 Å². The molecule has 6 heteroatoms. The van der Waals surface area contributed by atoms with Crippen LogP contribution < -0.4 is 11.1 Å². The van der Waals surface area contributed by atoms with E-state index in [1.54, 1.807) is 0 Å². The van der Waals surface area contributed by atoms with Crippen LogP contribution in [0.1, 0.15) is 5.56 Å². The Labute approximate surface area is 119 Å². The normalized spacial score (nSPS) is 10.3. The van der Waals surface area contributed by atoms with Gasteiger partial charge in [-0.1, -0.05) is 17.7 Å². The van der Waals surface area contributed by atoms with E-state index in [4.69, 9.17) is 17.3 Å². The van der Waals surface area contributed by atoms with Crippen molar-refractivity contribution in [2.75, 3.05) is 11.1 Å². The molecule has 20 heavy (non-hydrogen) atoms. The average molecular weight is 297 g/mol. The number of hydrogen-bond donors (Lipinski definition) is 2. The number of nitrogen functional groups attached to an aromatic ring is 1. The van der Waals surface area contributed by atoms with Gasteiger partial charge in [-0.2, -0.15) is 0 Å². The fourth-order valence-corrected chi connectivity index (χ4v) is 1.93. The molecule has 0 aliphatic carbocycles. The predicted octanol–water partition coefficient (Wildman–Crippen LogP) is 3.38. The SMILES string of the molecule is Nc1cc(F)ccc1NC(=O)Cc1c(F)cccc1Cl. The second-order valence-electron chi connectivity index (χ2n) is 4.16. The van der Waals surface area contributed by atoms with Gasteiger partial charge in [0, 0.05) is 10.6 Å². The Morgan fingerprint density at radius 1 is 1.25 bits per heavy atom. The highest BCUT2D eigenvalue weighted by molar-refractivity contribution is 6.31. The second-order valence-corrected chi connectivity index (χ2v) is 4.56. The Morgan fingerprint density at radius 3 is 2.65 bits per heavy atom. The summed E-state index contributed by atoms with van der Waals surface area (Å²) in [7, 11) is 0. The molecular weight excluding hydrogens is 286 g/mol. The van der Waals surface area contributed by atoms with E-state index in [1.165, 1.54) is 30.3 Å². The minimum absolute atomic E-state index is 0.0954. The van der Waals surface area contributed by atoms with Crippen molar-refractivity contribution in [2.24, 2.45) is 0 Å². The van der Waals surface area contributed by atoms with Crippen molar-refractivity contribution in [1.82, 2.24) is 0 Å². The van der Waals surface area contributed by atoms with Crippen LogP contribution in [0.3, 0.4) is 0 Å². The Morgan fingerprint density at radius 2 is 2.00 bits per heavy atom. The Hall–Kier alpha value is -2.14. The fourth-order valence-electron chi connectivity index (χ4n) is 1.70. The summed E-state index contributed by atoms with van der Waals surface area (Å²) in [6.45, 7) is 0. The van der Waals surface area contributed by atoms with E-state index in [0.717, 1.165) is 6.07 Å². The number of halogens is 3. The van der Waals surface area contributed by atoms with Crippen LogP contribution in [-0.2, 0) is 11.2 Å². The van der Waals surface area contributed by atoms with Crippen LogP contribution in [0.25, 0.3) is 0 Å². The number of rotatable bonds is 3. The number of anilines is 2. The Bertz CT molecular complexity index is 641. The molecule has 0 unspecified atom stereocenters. The first kappa shape index (κ1) is 14.3. The largest absolute Gasteiger partial charge is 0.397 e. The highest BCUT2D eigenvalue weighted by atomic mass is 35.5. The van der Waals surface area contributed by atoms with Crippen molar-refractivity contribution >= 4 is 28.9 Å². The maximum Gasteiger partial charge on any atom is 0.229 e. The van der Waals surface area contributed by atoms with E-state index < -0.39 is 17.5 Å². The van der Waals surface area contributed by atoms with Gasteiger partial charge < -0.3 is 11.1 Å². The summed E-state index contributed by atoms with van der Waals surface area (Å²) in [4.78, 5) is 11.8. The molecule has 3 N–H and O–H groups in total. The first-order valence-electron chi connectivity index (χ1n) is 5.75. The fraction of sp³-hybridized carbons (Fsp3) is 0.0714. The minimum atomic E-state index is -0.556. The topological polar surface area (TPSA) is 55.1 Å². The molecule has 2 aromatic rings. The van der Waals surface area contributed by atoms with E-state index in [0.29, 0.717) is 0 Å². The van der Waals surface area contributed by atoms with Gasteiger partial charge in [0.1, 0.15) is 11.6 Å². The predicted molar refractivity (Wildman–Crippen MR) is 74.6 cm³/mol. The summed E-state index contributed by atoms with van der Waals surface area (Å²) in [5.74, 6) is -1.55. The molecule has 0 radical (unpaired) electrons. The lowest BCUT2D eigenvalue weighted by Crippen LogP contribution is -2.16. The van der Waals surface area contributed by atoms with Crippen molar-refractivity contribution in [3.63, 3.8) is 0 Å². The third kappa shape index (κ3) is 3.24. The molecule has 104 valence electrons. The van der Waals surface area contributed by atoms with Crippen LogP contribution in [0.4, 0.5) is 20.2 Å². The maximum atomic E-state index is 13.5. The summed E-state index contributed by atoms with van der Waals surface area (Å²) < 4.78 is 26.4. The number of amides is 1. The zero-order valence-corrected chi connectivity index (χ0v) is 11.0. The maximum absolute atomic E-state index is 13.5. The molecule has 1 amide bonds. The lowest BCUT2D eigenvalue weighted by Gasteiger charge is -2.09. The summed E-state index contributed by atoms with van der Waals surface area (Å²) in [5, 5.41) is 2.66. The van der Waals surface area contributed by atoms with Gasteiger partial charge in [0.05, 0.1) is 17.8 Å². The van der Waals surface area contributed by atoms with E-state index in [1.807, 2.05) is 0 Å². The third-order valence-corrected chi connectivity index (χ3v) is 3.04. The molecule has 2 rings (SSSR count). The zero-order valence-electron chi connectivity index (χ0n) is 10.3. The number of benzene rings is 2. The van der Waals surface area contributed by atoms with Crippen molar-refractivity contribution in [1.29, 1.82) is 0 Å². The van der Waals surface area contributed by atoms with E-state index >= 15 is 0 Å². The average Bonchev–Trinajstić information content (AvgIpc) is 2.37. The van der Waals surface area contributed by atoms with Gasteiger partial charge in [0.2, 0.25) is 5.91 Å². The van der Waals surface area contributed by atoms with Gasteiger partial charge in [-0.05, 0) is 30.3 Å². The molecule has 0 aromatic heterocycles. The molecular formula is C14H11ClF2N2O. The molecule has 0 heterocycles. The molecule has 0 aliphatic rings. The number of nitrogens with two attached hydrogens (primary N) is 1. The van der Waals surface area contributed by atoms with Crippen molar-refractivity contribution in [2.45, 2.75) is 6.42 Å². The molecule has 0 aliphatic heterocycles. The van der Waals surface area contributed by atoms with Gasteiger partial charge in [0.15, 0.2) is 0 Å². The van der Waals surface area contributed by atoms with Crippen LogP contribution >= 0.6 is 11.6 Å². The molecule has 0 saturated heterocycles. The lowest BCUT2D eigenvalue weighted by atomic mass is 10.1. The number of carbonyl (C=O) groups excluding carboxylic acids is 1. The summed E-state index contributed by atoms with van der Waals surface area (Å²) >= 11 is 5.83. The quantitative estimate of drug-likeness (QED) is 0.853. The molecule has 2 aromatic carbocycles. The van der Waals surface area contributed by atoms with Crippen LogP contribution in [-0.4, -0.2) is 5.91 Å². The first-order valence-corrected chi connectivity index (χ1v) is 6.13. The molecule has 0 spiro atoms. The van der Waals surface area contributed by atoms with Gasteiger partial charge in [-0.3, -0.25) is 4.79 Å². The Balaban J connectivity index is 2.13. The van der Waals surface area contributed by atoms with E-state index in [2.05, 4.69) is 5.32 Å². The number of carbonyl (C=O) groups is 1. The summed E-state index contributed by atoms with van der Waals surface area (Å²) in [6.07, 6.45) is -0.234. The molecule has 3 nitrogen and oxygen atoms in total. The van der Waals surface area contributed by atoms with E-state index in [-0.39, 0.29) is 28.4 Å². The Kier molecular flexibility index (Phi) is 4.20. The summed E-state index contributed by atoms with van der Waals surface area (Å²) in [6, 6.07) is 7.77. The molecule has 0 bridgehead atoms. The van der Waals surface area contributed by atoms with Crippen LogP contribution in [0.15, 0.2) is 36.4 Å². The minimum Gasteiger partial charge on any atom is -0.397 e. The monoisotopic (exact) mass is 296 g/mol. The van der Waals surface area contributed by atoms with Crippen molar-refractivity contribution in [3.05, 3.63) is 58.6 Å². The molecule has 0 saturated carbocycles. The van der Waals surface area contributed by atoms with Crippen LogP contribution in [0.5, 0.6) is 0 Å². The third-order valence-electron chi connectivity index (χ3n) is 2.69. The number of hydrogen-bond acceptors (Lipinski definition) is 2. The van der Waals surface area contributed by atoms with E-state index in [9.17, 15) is 13.6 Å². The van der Waals surface area contributed by atoms with Gasteiger partial charge in [-0.25, -0.2) is 8.78 Å². The number of nitrogens with one attached hydrogen (secondary N) is 1. The van der Waals surface area contributed by atoms with Crippen molar-refractivity contribution in [3.8, 4) is 0 Å². The van der Waals surface area contributed by atoms with Gasteiger partial charge in [0.25, 0.3) is 0 Å². The standard InChI is InChI=1S/C14H11ClF2N2O/c15-10-2-1-3-11(17)9(10)7-14(20)19-13-5-4-8(16)6-12(13)18/h1-6H,7,18H2,(H,19,20). The zero-order chi connectivity index (χ0) is 14.7. The van der Waals surface area contributed by atoms with Gasteiger partial charge >= 0.3 is 0 Å².